The highest BCUT2D eigenvalue weighted by Gasteiger charge is 2.72. The highest BCUT2D eigenvalue weighted by atomic mass is 32.2. The second kappa shape index (κ2) is 6.52. The number of carbonyl (C=O) groups is 4. The minimum absolute atomic E-state index is 0.0680. The van der Waals surface area contributed by atoms with Gasteiger partial charge in [0.2, 0.25) is 11.8 Å². The average molecular weight is 325 g/mol. The zero-order valence-electron chi connectivity index (χ0n) is 13.4. The summed E-state index contributed by atoms with van der Waals surface area (Å²) in [5.41, 5.74) is -0.178. The number of likely N-dealkylation sites (tertiary alicyclic amines) is 1. The van der Waals surface area contributed by atoms with Crippen molar-refractivity contribution in [3.63, 3.8) is 0 Å². The van der Waals surface area contributed by atoms with Gasteiger partial charge >= 0.3 is 0 Å². The van der Waals surface area contributed by atoms with Gasteiger partial charge in [-0.05, 0) is 11.8 Å². The van der Waals surface area contributed by atoms with Crippen molar-refractivity contribution in [1.82, 2.24) is 4.90 Å². The lowest BCUT2D eigenvalue weighted by Gasteiger charge is -2.20. The Bertz CT molecular complexity index is 490. The third-order valence-corrected chi connectivity index (χ3v) is 5.70. The number of imide groups is 1. The predicted molar refractivity (Wildman–Crippen MR) is 84.3 cm³/mol. The van der Waals surface area contributed by atoms with Crippen LogP contribution in [0.4, 0.5) is 0 Å². The van der Waals surface area contributed by atoms with Crippen molar-refractivity contribution in [3.05, 3.63) is 0 Å². The molecule has 0 bridgehead atoms. The molecule has 0 unspecified atom stereocenters. The Labute approximate surface area is 135 Å². The van der Waals surface area contributed by atoms with E-state index < -0.39 is 0 Å². The molecule has 1 aliphatic heterocycles. The van der Waals surface area contributed by atoms with Gasteiger partial charge in [-0.2, -0.15) is 0 Å². The molecule has 0 aromatic rings. The fourth-order valence-corrected chi connectivity index (χ4v) is 4.02. The van der Waals surface area contributed by atoms with Crippen LogP contribution in [0.25, 0.3) is 0 Å². The van der Waals surface area contributed by atoms with Crippen molar-refractivity contribution >= 4 is 35.1 Å². The number of rotatable bonds is 9. The monoisotopic (exact) mass is 325 g/mol. The van der Waals surface area contributed by atoms with E-state index in [-0.39, 0.29) is 40.6 Å². The van der Waals surface area contributed by atoms with E-state index in [9.17, 15) is 19.2 Å². The summed E-state index contributed by atoms with van der Waals surface area (Å²) in [6, 6.07) is 0. The van der Waals surface area contributed by atoms with Gasteiger partial charge in [0.15, 0.2) is 0 Å². The lowest BCUT2D eigenvalue weighted by atomic mass is 10.1. The van der Waals surface area contributed by atoms with E-state index in [4.69, 9.17) is 0 Å². The molecular weight excluding hydrogens is 302 g/mol. The summed E-state index contributed by atoms with van der Waals surface area (Å²) in [5, 5.41) is 0. The summed E-state index contributed by atoms with van der Waals surface area (Å²) >= 11 is 1.34. The fraction of sp³-hybridized carbons (Fsp3) is 0.750. The second-order valence-corrected chi connectivity index (χ2v) is 7.62. The van der Waals surface area contributed by atoms with Crippen LogP contribution in [0, 0.1) is 17.3 Å². The molecule has 122 valence electrons. The van der Waals surface area contributed by atoms with Crippen molar-refractivity contribution < 1.29 is 19.2 Å². The van der Waals surface area contributed by atoms with E-state index in [1.807, 2.05) is 13.8 Å². The quantitative estimate of drug-likeness (QED) is 0.603. The van der Waals surface area contributed by atoms with Crippen LogP contribution in [-0.2, 0) is 19.2 Å². The number of Topliss-reactive ketones (excluding diaryl/α,β-unsaturated/α-hetero) is 2. The SMILES string of the molecule is CCC(=O)CSCC(=O)CCCN1C(=O)[C@@H]2[C@H](C1=O)C2(C)C. The first-order chi connectivity index (χ1) is 10.3. The van der Waals surface area contributed by atoms with Crippen LogP contribution >= 0.6 is 11.8 Å². The van der Waals surface area contributed by atoms with Gasteiger partial charge in [0.05, 0.1) is 23.3 Å². The number of carbonyl (C=O) groups excluding carboxylic acids is 4. The topological polar surface area (TPSA) is 71.5 Å². The minimum atomic E-state index is -0.178. The van der Waals surface area contributed by atoms with Crippen molar-refractivity contribution in [2.75, 3.05) is 18.1 Å². The Balaban J connectivity index is 1.65. The summed E-state index contributed by atoms with van der Waals surface area (Å²) < 4.78 is 0. The number of ketones is 2. The van der Waals surface area contributed by atoms with Crippen molar-refractivity contribution in [1.29, 1.82) is 0 Å². The summed E-state index contributed by atoms with van der Waals surface area (Å²) in [6.45, 7) is 6.05. The zero-order chi connectivity index (χ0) is 16.5. The first kappa shape index (κ1) is 17.2. The van der Waals surface area contributed by atoms with Crippen LogP contribution < -0.4 is 0 Å². The highest BCUT2D eigenvalue weighted by Crippen LogP contribution is 2.63. The third-order valence-electron chi connectivity index (χ3n) is 4.65. The smallest absolute Gasteiger partial charge is 0.233 e. The molecule has 0 spiro atoms. The maximum atomic E-state index is 12.1. The van der Waals surface area contributed by atoms with E-state index in [0.29, 0.717) is 37.3 Å². The molecule has 2 atom stereocenters. The average Bonchev–Trinajstić information content (AvgIpc) is 2.93. The summed E-state index contributed by atoms with van der Waals surface area (Å²) in [4.78, 5) is 48.4. The van der Waals surface area contributed by atoms with Gasteiger partial charge in [0.25, 0.3) is 0 Å². The number of thioether (sulfide) groups is 1. The Kier molecular flexibility index (Phi) is 5.10. The van der Waals surface area contributed by atoms with Gasteiger partial charge in [0.1, 0.15) is 11.6 Å². The zero-order valence-corrected chi connectivity index (χ0v) is 14.2. The molecular formula is C16H23NO4S. The largest absolute Gasteiger partial charge is 0.299 e. The van der Waals surface area contributed by atoms with E-state index in [1.165, 1.54) is 16.7 Å². The van der Waals surface area contributed by atoms with E-state index in [0.717, 1.165) is 0 Å². The first-order valence-corrected chi connectivity index (χ1v) is 8.92. The molecule has 2 fully saturated rings. The van der Waals surface area contributed by atoms with Crippen LogP contribution in [0.2, 0.25) is 0 Å². The van der Waals surface area contributed by atoms with Crippen LogP contribution in [0.1, 0.15) is 40.0 Å². The normalized spacial score (nSPS) is 25.3. The lowest BCUT2D eigenvalue weighted by Crippen LogP contribution is -2.37. The summed E-state index contributed by atoms with van der Waals surface area (Å²) in [6.07, 6.45) is 1.36. The summed E-state index contributed by atoms with van der Waals surface area (Å²) in [5.74, 6) is 0.477. The molecule has 5 nitrogen and oxygen atoms in total. The number of nitrogens with zero attached hydrogens (tertiary/aromatic N) is 1. The molecule has 0 aromatic carbocycles. The Morgan fingerprint density at radius 2 is 1.64 bits per heavy atom. The molecule has 0 radical (unpaired) electrons. The molecule has 0 aromatic heterocycles. The maximum absolute atomic E-state index is 12.1. The van der Waals surface area contributed by atoms with E-state index >= 15 is 0 Å². The van der Waals surface area contributed by atoms with Gasteiger partial charge in [-0.3, -0.25) is 24.1 Å². The van der Waals surface area contributed by atoms with Gasteiger partial charge in [0, 0.05) is 19.4 Å². The molecule has 2 amide bonds. The van der Waals surface area contributed by atoms with E-state index in [1.54, 1.807) is 6.92 Å². The molecule has 1 aliphatic carbocycles. The van der Waals surface area contributed by atoms with Gasteiger partial charge in [-0.15, -0.1) is 11.8 Å². The van der Waals surface area contributed by atoms with Crippen LogP contribution in [-0.4, -0.2) is 46.3 Å². The highest BCUT2D eigenvalue weighted by molar-refractivity contribution is 8.00. The minimum Gasteiger partial charge on any atom is -0.299 e. The fourth-order valence-electron chi connectivity index (χ4n) is 3.11. The van der Waals surface area contributed by atoms with Gasteiger partial charge < -0.3 is 0 Å². The second-order valence-electron chi connectivity index (χ2n) is 6.63. The number of amides is 2. The molecule has 1 heterocycles. The van der Waals surface area contributed by atoms with Gasteiger partial charge in [-0.1, -0.05) is 20.8 Å². The Morgan fingerprint density at radius 1 is 1.09 bits per heavy atom. The molecule has 6 heteroatoms. The Morgan fingerprint density at radius 3 is 2.18 bits per heavy atom. The molecule has 1 saturated heterocycles. The van der Waals surface area contributed by atoms with Crippen LogP contribution in [0.15, 0.2) is 0 Å². The van der Waals surface area contributed by atoms with Gasteiger partial charge in [-0.25, -0.2) is 0 Å². The maximum Gasteiger partial charge on any atom is 0.233 e. The number of hydrogen-bond acceptors (Lipinski definition) is 5. The number of piperidine rings is 1. The number of hydrogen-bond donors (Lipinski definition) is 0. The molecule has 1 saturated carbocycles. The molecule has 2 aliphatic rings. The molecule has 0 N–H and O–H groups in total. The standard InChI is InChI=1S/C16H23NO4S/c1-4-10(18)8-22-9-11(19)6-5-7-17-14(20)12-13(15(17)21)16(12,2)3/h12-13H,4-9H2,1-3H3/t12-,13+. The number of fused-ring (bicyclic) bond motifs is 1. The third kappa shape index (κ3) is 3.26. The van der Waals surface area contributed by atoms with Crippen molar-refractivity contribution in [2.24, 2.45) is 17.3 Å². The summed E-state index contributed by atoms with van der Waals surface area (Å²) in [7, 11) is 0. The van der Waals surface area contributed by atoms with E-state index in [2.05, 4.69) is 0 Å². The van der Waals surface area contributed by atoms with Crippen molar-refractivity contribution in [2.45, 2.75) is 40.0 Å². The van der Waals surface area contributed by atoms with Crippen LogP contribution in [0.5, 0.6) is 0 Å². The first-order valence-electron chi connectivity index (χ1n) is 7.77. The molecule has 22 heavy (non-hydrogen) atoms. The Hall–Kier alpha value is -1.17. The predicted octanol–water partition coefficient (Wildman–Crippen LogP) is 1.69. The lowest BCUT2D eigenvalue weighted by molar-refractivity contribution is -0.143. The molecule has 2 rings (SSSR count). The van der Waals surface area contributed by atoms with Crippen LogP contribution in [0.3, 0.4) is 0 Å². The van der Waals surface area contributed by atoms with Crippen molar-refractivity contribution in [3.8, 4) is 0 Å².